The normalized spacial score (nSPS) is 10.4. The first-order valence-electron chi connectivity index (χ1n) is 6.03. The molecule has 2 rings (SSSR count). The number of hydrogen-bond acceptors (Lipinski definition) is 7. The van der Waals surface area contributed by atoms with Gasteiger partial charge in [0, 0.05) is 31.3 Å². The first-order valence-corrected chi connectivity index (χ1v) is 7.92. The van der Waals surface area contributed by atoms with Gasteiger partial charge in [-0.2, -0.15) is 20.5 Å². The van der Waals surface area contributed by atoms with E-state index in [0.29, 0.717) is 0 Å². The number of thioether (sulfide) groups is 1. The van der Waals surface area contributed by atoms with Crippen LogP contribution in [0.25, 0.3) is 0 Å². The third-order valence-corrected chi connectivity index (χ3v) is 4.12. The van der Waals surface area contributed by atoms with Gasteiger partial charge in [-0.3, -0.25) is 4.98 Å². The molecule has 19 heavy (non-hydrogen) atoms. The van der Waals surface area contributed by atoms with E-state index < -0.39 is 0 Å². The minimum Gasteiger partial charge on any atom is -0.369 e. The molecule has 2 N–H and O–H groups in total. The van der Waals surface area contributed by atoms with Crippen LogP contribution in [0.2, 0.25) is 0 Å². The first kappa shape index (κ1) is 14.1. The van der Waals surface area contributed by atoms with Crippen molar-refractivity contribution >= 4 is 35.1 Å². The van der Waals surface area contributed by atoms with Gasteiger partial charge in [0.1, 0.15) is 0 Å². The van der Waals surface area contributed by atoms with Gasteiger partial charge in [0.2, 0.25) is 0 Å². The van der Waals surface area contributed by atoms with E-state index >= 15 is 0 Å². The maximum absolute atomic E-state index is 4.38. The molecule has 0 bridgehead atoms. The SMILES string of the molecule is CNc1nsnc1NCCSCc1ncccc1C. The Morgan fingerprint density at radius 3 is 2.95 bits per heavy atom. The van der Waals surface area contributed by atoms with Crippen molar-refractivity contribution in [3.63, 3.8) is 0 Å². The quantitative estimate of drug-likeness (QED) is 0.766. The number of pyridine rings is 1. The second kappa shape index (κ2) is 7.30. The lowest BCUT2D eigenvalue weighted by Crippen LogP contribution is -2.06. The number of nitrogens with zero attached hydrogens (tertiary/aromatic N) is 3. The van der Waals surface area contributed by atoms with E-state index in [1.807, 2.05) is 31.1 Å². The highest BCUT2D eigenvalue weighted by atomic mass is 32.2. The van der Waals surface area contributed by atoms with Crippen LogP contribution in [0.3, 0.4) is 0 Å². The second-order valence-corrected chi connectivity index (χ2v) is 5.59. The molecule has 0 radical (unpaired) electrons. The molecule has 7 heteroatoms. The van der Waals surface area contributed by atoms with Crippen molar-refractivity contribution in [1.82, 2.24) is 13.7 Å². The van der Waals surface area contributed by atoms with Crippen LogP contribution in [0, 0.1) is 6.92 Å². The van der Waals surface area contributed by atoms with Crippen LogP contribution >= 0.6 is 23.5 Å². The predicted molar refractivity (Wildman–Crippen MR) is 83.1 cm³/mol. The number of aryl methyl sites for hydroxylation is 1. The maximum atomic E-state index is 4.38. The highest BCUT2D eigenvalue weighted by Crippen LogP contribution is 2.18. The molecule has 0 aliphatic carbocycles. The van der Waals surface area contributed by atoms with E-state index in [-0.39, 0.29) is 0 Å². The van der Waals surface area contributed by atoms with Crippen LogP contribution in [0.1, 0.15) is 11.3 Å². The predicted octanol–water partition coefficient (Wildman–Crippen LogP) is 2.63. The monoisotopic (exact) mass is 295 g/mol. The summed E-state index contributed by atoms with van der Waals surface area (Å²) in [7, 11) is 1.85. The molecule has 5 nitrogen and oxygen atoms in total. The molecule has 0 aliphatic rings. The van der Waals surface area contributed by atoms with Crippen molar-refractivity contribution in [2.75, 3.05) is 30.0 Å². The zero-order valence-corrected chi connectivity index (χ0v) is 12.6. The molecule has 2 heterocycles. The molecule has 0 unspecified atom stereocenters. The molecule has 0 aliphatic heterocycles. The Bertz CT molecular complexity index is 514. The fourth-order valence-electron chi connectivity index (χ4n) is 1.55. The van der Waals surface area contributed by atoms with Crippen LogP contribution in [-0.4, -0.2) is 33.1 Å². The third-order valence-electron chi connectivity index (χ3n) is 2.62. The zero-order valence-electron chi connectivity index (χ0n) is 11.0. The third kappa shape index (κ3) is 4.07. The summed E-state index contributed by atoms with van der Waals surface area (Å²) in [5.74, 6) is 3.61. The van der Waals surface area contributed by atoms with Gasteiger partial charge in [0.25, 0.3) is 0 Å². The Labute approximate surface area is 121 Å². The van der Waals surface area contributed by atoms with E-state index in [9.17, 15) is 0 Å². The Morgan fingerprint density at radius 1 is 1.32 bits per heavy atom. The molecule has 0 spiro atoms. The Morgan fingerprint density at radius 2 is 2.16 bits per heavy atom. The summed E-state index contributed by atoms with van der Waals surface area (Å²) in [6.45, 7) is 2.97. The largest absolute Gasteiger partial charge is 0.369 e. The van der Waals surface area contributed by atoms with Crippen molar-refractivity contribution < 1.29 is 0 Å². The Kier molecular flexibility index (Phi) is 5.41. The molecular weight excluding hydrogens is 278 g/mol. The van der Waals surface area contributed by atoms with Gasteiger partial charge in [-0.1, -0.05) is 6.07 Å². The van der Waals surface area contributed by atoms with E-state index in [0.717, 1.165) is 29.7 Å². The molecule has 0 atom stereocenters. The molecular formula is C12H17N5S2. The van der Waals surface area contributed by atoms with Gasteiger partial charge in [0.15, 0.2) is 11.6 Å². The van der Waals surface area contributed by atoms with Crippen molar-refractivity contribution in [2.24, 2.45) is 0 Å². The zero-order chi connectivity index (χ0) is 13.5. The summed E-state index contributed by atoms with van der Waals surface area (Å²) in [5.41, 5.74) is 2.42. The molecule has 2 aromatic rings. The molecule has 0 saturated heterocycles. The summed E-state index contributed by atoms with van der Waals surface area (Å²) < 4.78 is 8.33. The fourth-order valence-corrected chi connectivity index (χ4v) is 2.97. The van der Waals surface area contributed by atoms with Crippen LogP contribution in [0.15, 0.2) is 18.3 Å². The van der Waals surface area contributed by atoms with E-state index in [2.05, 4.69) is 37.4 Å². The minimum atomic E-state index is 0.815. The highest BCUT2D eigenvalue weighted by molar-refractivity contribution is 7.98. The van der Waals surface area contributed by atoms with Crippen molar-refractivity contribution in [1.29, 1.82) is 0 Å². The Balaban J connectivity index is 1.69. The van der Waals surface area contributed by atoms with Crippen molar-refractivity contribution in [3.05, 3.63) is 29.6 Å². The lowest BCUT2D eigenvalue weighted by Gasteiger charge is -2.06. The number of nitrogens with one attached hydrogen (secondary N) is 2. The fraction of sp³-hybridized carbons (Fsp3) is 0.417. The van der Waals surface area contributed by atoms with Gasteiger partial charge in [-0.05, 0) is 18.6 Å². The molecule has 2 aromatic heterocycles. The molecule has 0 saturated carbocycles. The van der Waals surface area contributed by atoms with Gasteiger partial charge < -0.3 is 10.6 Å². The number of rotatable bonds is 7. The summed E-state index contributed by atoms with van der Waals surface area (Å²) >= 11 is 3.08. The lowest BCUT2D eigenvalue weighted by molar-refractivity contribution is 1.12. The minimum absolute atomic E-state index is 0.815. The molecule has 0 fully saturated rings. The van der Waals surface area contributed by atoms with E-state index in [4.69, 9.17) is 0 Å². The molecule has 0 amide bonds. The average molecular weight is 295 g/mol. The average Bonchev–Trinajstić information content (AvgIpc) is 2.88. The van der Waals surface area contributed by atoms with Crippen molar-refractivity contribution in [3.8, 4) is 0 Å². The lowest BCUT2D eigenvalue weighted by atomic mass is 10.2. The first-order chi connectivity index (χ1) is 9.31. The second-order valence-electron chi connectivity index (χ2n) is 3.96. The number of anilines is 2. The van der Waals surface area contributed by atoms with Crippen molar-refractivity contribution in [2.45, 2.75) is 12.7 Å². The summed E-state index contributed by atoms with van der Waals surface area (Å²) in [5, 5.41) is 6.29. The maximum Gasteiger partial charge on any atom is 0.184 e. The van der Waals surface area contributed by atoms with E-state index in [1.54, 1.807) is 0 Å². The number of aromatic nitrogens is 3. The Hall–Kier alpha value is -1.34. The van der Waals surface area contributed by atoms with Crippen LogP contribution in [0.5, 0.6) is 0 Å². The van der Waals surface area contributed by atoms with Gasteiger partial charge in [-0.25, -0.2) is 0 Å². The standard InChI is InChI=1S/C12H17N5S2/c1-9-4-3-5-14-10(9)8-18-7-6-15-12-11(13-2)16-19-17-12/h3-5H,6-8H2,1-2H3,(H,13,16)(H,15,17). The summed E-state index contributed by atoms with van der Waals surface area (Å²) in [6, 6.07) is 4.07. The summed E-state index contributed by atoms with van der Waals surface area (Å²) in [6.07, 6.45) is 1.85. The highest BCUT2D eigenvalue weighted by Gasteiger charge is 2.04. The number of hydrogen-bond donors (Lipinski definition) is 2. The van der Waals surface area contributed by atoms with Gasteiger partial charge in [-0.15, -0.1) is 0 Å². The van der Waals surface area contributed by atoms with Gasteiger partial charge >= 0.3 is 0 Å². The van der Waals surface area contributed by atoms with Gasteiger partial charge in [0.05, 0.1) is 17.4 Å². The van der Waals surface area contributed by atoms with E-state index in [1.165, 1.54) is 23.0 Å². The summed E-state index contributed by atoms with van der Waals surface area (Å²) in [4.78, 5) is 4.38. The van der Waals surface area contributed by atoms with Crippen LogP contribution in [0.4, 0.5) is 11.6 Å². The van der Waals surface area contributed by atoms with Crippen LogP contribution in [-0.2, 0) is 5.75 Å². The molecule has 102 valence electrons. The van der Waals surface area contributed by atoms with Crippen LogP contribution < -0.4 is 10.6 Å². The molecule has 0 aromatic carbocycles. The topological polar surface area (TPSA) is 62.7 Å². The smallest absolute Gasteiger partial charge is 0.184 e.